The van der Waals surface area contributed by atoms with Crippen LogP contribution >= 0.6 is 0 Å². The highest BCUT2D eigenvalue weighted by molar-refractivity contribution is 5.99. The Labute approximate surface area is 103 Å². The molecule has 2 heterocycles. The molecule has 6 nitrogen and oxygen atoms in total. The summed E-state index contributed by atoms with van der Waals surface area (Å²) in [5, 5.41) is 11.7. The third-order valence-electron chi connectivity index (χ3n) is 3.27. The number of ether oxygens (including phenoxy) is 2. The minimum Gasteiger partial charge on any atom is -0.481 e. The van der Waals surface area contributed by atoms with Gasteiger partial charge in [-0.1, -0.05) is 6.07 Å². The van der Waals surface area contributed by atoms with Crippen molar-refractivity contribution in [2.45, 2.75) is 5.92 Å². The summed E-state index contributed by atoms with van der Waals surface area (Å²) in [6.45, 7) is 0.498. The number of hydrogen-bond acceptors (Lipinski definition) is 4. The second-order valence-electron chi connectivity index (χ2n) is 4.28. The molecule has 2 N–H and O–H groups in total. The van der Waals surface area contributed by atoms with Crippen LogP contribution in [0.1, 0.15) is 11.5 Å². The van der Waals surface area contributed by atoms with E-state index >= 15 is 0 Å². The molecule has 1 aromatic rings. The molecular formula is C12H11NO5. The van der Waals surface area contributed by atoms with Gasteiger partial charge in [0.1, 0.15) is 5.92 Å². The Morgan fingerprint density at radius 3 is 2.89 bits per heavy atom. The summed E-state index contributed by atoms with van der Waals surface area (Å²) in [7, 11) is 0. The van der Waals surface area contributed by atoms with E-state index in [0.29, 0.717) is 18.0 Å². The zero-order valence-corrected chi connectivity index (χ0v) is 9.38. The topological polar surface area (TPSA) is 84.9 Å². The van der Waals surface area contributed by atoms with E-state index in [1.54, 1.807) is 18.2 Å². The van der Waals surface area contributed by atoms with Gasteiger partial charge in [0, 0.05) is 12.5 Å². The van der Waals surface area contributed by atoms with Crippen LogP contribution in [0.4, 0.5) is 0 Å². The van der Waals surface area contributed by atoms with Gasteiger partial charge in [0.05, 0.1) is 0 Å². The maximum Gasteiger partial charge on any atom is 0.316 e. The number of amides is 1. The predicted octanol–water partition coefficient (Wildman–Crippen LogP) is 0.329. The Bertz CT molecular complexity index is 527. The third-order valence-corrected chi connectivity index (χ3v) is 3.27. The number of hydrogen-bond donors (Lipinski definition) is 2. The van der Waals surface area contributed by atoms with Crippen LogP contribution in [0.2, 0.25) is 0 Å². The SMILES string of the molecule is O=C(O)[C@@H]1C(=O)NC[C@H]1c1ccc2c(c1)OCO2. The molecule has 0 unspecified atom stereocenters. The Morgan fingerprint density at radius 1 is 1.33 bits per heavy atom. The van der Waals surface area contributed by atoms with E-state index in [2.05, 4.69) is 5.32 Å². The number of carboxylic acid groups (broad SMARTS) is 1. The van der Waals surface area contributed by atoms with Crippen molar-refractivity contribution in [1.82, 2.24) is 5.32 Å². The summed E-state index contributed by atoms with van der Waals surface area (Å²) in [5.74, 6) is -1.72. The standard InChI is InChI=1S/C12H11NO5/c14-11-10(12(15)16)7(4-13-11)6-1-2-8-9(3-6)18-5-17-8/h1-3,7,10H,4-5H2,(H,13,14)(H,15,16)/t7-,10-/m0/s1. The van der Waals surface area contributed by atoms with Crippen molar-refractivity contribution in [1.29, 1.82) is 0 Å². The summed E-state index contributed by atoms with van der Waals surface area (Å²) >= 11 is 0. The van der Waals surface area contributed by atoms with Gasteiger partial charge in [-0.25, -0.2) is 0 Å². The maximum atomic E-state index is 11.5. The van der Waals surface area contributed by atoms with Crippen LogP contribution < -0.4 is 14.8 Å². The van der Waals surface area contributed by atoms with E-state index in [-0.39, 0.29) is 12.7 Å². The Morgan fingerprint density at radius 2 is 2.11 bits per heavy atom. The summed E-state index contributed by atoms with van der Waals surface area (Å²) in [5.41, 5.74) is 0.769. The summed E-state index contributed by atoms with van der Waals surface area (Å²) in [6.07, 6.45) is 0. The molecule has 18 heavy (non-hydrogen) atoms. The average molecular weight is 249 g/mol. The van der Waals surface area contributed by atoms with Crippen molar-refractivity contribution in [2.75, 3.05) is 13.3 Å². The number of aliphatic carboxylic acids is 1. The van der Waals surface area contributed by atoms with Crippen LogP contribution in [0.5, 0.6) is 11.5 Å². The van der Waals surface area contributed by atoms with Crippen LogP contribution in [-0.2, 0) is 9.59 Å². The molecule has 6 heteroatoms. The van der Waals surface area contributed by atoms with Gasteiger partial charge in [0.15, 0.2) is 11.5 Å². The summed E-state index contributed by atoms with van der Waals surface area (Å²) in [4.78, 5) is 22.6. The fraction of sp³-hybridized carbons (Fsp3) is 0.333. The zero-order valence-electron chi connectivity index (χ0n) is 9.38. The molecular weight excluding hydrogens is 238 g/mol. The van der Waals surface area contributed by atoms with Crippen LogP contribution in [0, 0.1) is 5.92 Å². The van der Waals surface area contributed by atoms with Crippen LogP contribution in [-0.4, -0.2) is 30.3 Å². The van der Waals surface area contributed by atoms with E-state index < -0.39 is 17.8 Å². The molecule has 1 amide bonds. The number of carboxylic acids is 1. The summed E-state index contributed by atoms with van der Waals surface area (Å²) < 4.78 is 10.4. The number of benzene rings is 1. The van der Waals surface area contributed by atoms with Crippen molar-refractivity contribution >= 4 is 11.9 Å². The Hall–Kier alpha value is -2.24. The van der Waals surface area contributed by atoms with Gasteiger partial charge in [-0.3, -0.25) is 9.59 Å². The lowest BCUT2D eigenvalue weighted by molar-refractivity contribution is -0.145. The van der Waals surface area contributed by atoms with Crippen LogP contribution in [0.25, 0.3) is 0 Å². The molecule has 0 aromatic heterocycles. The number of fused-ring (bicyclic) bond motifs is 1. The molecule has 0 aliphatic carbocycles. The predicted molar refractivity (Wildman–Crippen MR) is 59.4 cm³/mol. The van der Waals surface area contributed by atoms with Crippen molar-refractivity contribution in [3.63, 3.8) is 0 Å². The maximum absolute atomic E-state index is 11.5. The van der Waals surface area contributed by atoms with E-state index in [1.165, 1.54) is 0 Å². The first-order valence-corrected chi connectivity index (χ1v) is 5.57. The molecule has 1 aromatic carbocycles. The lowest BCUT2D eigenvalue weighted by Crippen LogP contribution is -2.26. The second kappa shape index (κ2) is 3.90. The van der Waals surface area contributed by atoms with Crippen molar-refractivity contribution in [2.24, 2.45) is 5.92 Å². The molecule has 2 aliphatic rings. The van der Waals surface area contributed by atoms with Crippen molar-refractivity contribution in [3.05, 3.63) is 23.8 Å². The first-order valence-electron chi connectivity index (χ1n) is 5.57. The monoisotopic (exact) mass is 249 g/mol. The van der Waals surface area contributed by atoms with Gasteiger partial charge < -0.3 is 19.9 Å². The van der Waals surface area contributed by atoms with Crippen molar-refractivity contribution in [3.8, 4) is 11.5 Å². The van der Waals surface area contributed by atoms with Gasteiger partial charge in [-0.2, -0.15) is 0 Å². The highest BCUT2D eigenvalue weighted by atomic mass is 16.7. The number of nitrogens with one attached hydrogen (secondary N) is 1. The molecule has 2 aliphatic heterocycles. The molecule has 0 bridgehead atoms. The first-order chi connectivity index (χ1) is 8.66. The summed E-state index contributed by atoms with van der Waals surface area (Å²) in [6, 6.07) is 5.25. The third kappa shape index (κ3) is 1.57. The average Bonchev–Trinajstić information content (AvgIpc) is 2.93. The minimum absolute atomic E-state index is 0.170. The molecule has 1 fully saturated rings. The van der Waals surface area contributed by atoms with Crippen molar-refractivity contribution < 1.29 is 24.2 Å². The van der Waals surface area contributed by atoms with E-state index in [0.717, 1.165) is 5.56 Å². The number of carbonyl (C=O) groups is 2. The molecule has 0 radical (unpaired) electrons. The fourth-order valence-electron chi connectivity index (χ4n) is 2.36. The van der Waals surface area contributed by atoms with E-state index in [9.17, 15) is 9.59 Å². The van der Waals surface area contributed by atoms with Crippen LogP contribution in [0.15, 0.2) is 18.2 Å². The van der Waals surface area contributed by atoms with Gasteiger partial charge in [0.2, 0.25) is 12.7 Å². The molecule has 94 valence electrons. The molecule has 0 saturated carbocycles. The van der Waals surface area contributed by atoms with E-state index in [1.807, 2.05) is 0 Å². The number of carbonyl (C=O) groups excluding carboxylic acids is 1. The van der Waals surface area contributed by atoms with Gasteiger partial charge in [-0.15, -0.1) is 0 Å². The molecule has 2 atom stereocenters. The molecule has 1 saturated heterocycles. The Balaban J connectivity index is 1.95. The lowest BCUT2D eigenvalue weighted by Gasteiger charge is -2.13. The molecule has 3 rings (SSSR count). The quantitative estimate of drug-likeness (QED) is 0.738. The fourth-order valence-corrected chi connectivity index (χ4v) is 2.36. The van der Waals surface area contributed by atoms with E-state index in [4.69, 9.17) is 14.6 Å². The highest BCUT2D eigenvalue weighted by Gasteiger charge is 2.41. The Kier molecular flexibility index (Phi) is 2.36. The number of rotatable bonds is 2. The van der Waals surface area contributed by atoms with Crippen LogP contribution in [0.3, 0.4) is 0 Å². The second-order valence-corrected chi connectivity index (χ2v) is 4.28. The minimum atomic E-state index is -1.10. The van der Waals surface area contributed by atoms with Gasteiger partial charge in [0.25, 0.3) is 0 Å². The lowest BCUT2D eigenvalue weighted by atomic mass is 9.88. The first kappa shape index (κ1) is 10.9. The van der Waals surface area contributed by atoms with Gasteiger partial charge in [-0.05, 0) is 17.7 Å². The normalized spacial score (nSPS) is 25.0. The van der Waals surface area contributed by atoms with Gasteiger partial charge >= 0.3 is 5.97 Å². The highest BCUT2D eigenvalue weighted by Crippen LogP contribution is 2.37. The smallest absolute Gasteiger partial charge is 0.316 e. The zero-order chi connectivity index (χ0) is 12.7. The largest absolute Gasteiger partial charge is 0.481 e. The molecule has 0 spiro atoms.